The van der Waals surface area contributed by atoms with Crippen LogP contribution >= 0.6 is 0 Å². The predicted octanol–water partition coefficient (Wildman–Crippen LogP) is -0.0194. The highest BCUT2D eigenvalue weighted by molar-refractivity contribution is 7.89. The van der Waals surface area contributed by atoms with E-state index in [0.717, 1.165) is 0 Å². The third kappa shape index (κ3) is 3.77. The maximum absolute atomic E-state index is 12.0. The number of nitriles is 1. The molecule has 1 aromatic carbocycles. The zero-order valence-corrected chi connectivity index (χ0v) is 11.5. The molecule has 108 valence electrons. The number of benzene rings is 1. The molecule has 0 aliphatic rings. The molecular weight excluding hydrogens is 284 g/mol. The number of nitrogens with zero attached hydrogens (tertiary/aromatic N) is 1. The van der Waals surface area contributed by atoms with Crippen LogP contribution in [0.1, 0.15) is 17.5 Å². The SMILES string of the molecule is Cc1cc(S(=O)(=O)N[C@H](CCO)C(=O)O)ccc1C#N. The molecule has 20 heavy (non-hydrogen) atoms. The second-order valence-corrected chi connectivity index (χ2v) is 5.83. The second kappa shape index (κ2) is 6.47. The summed E-state index contributed by atoms with van der Waals surface area (Å²) in [5.74, 6) is -1.37. The first-order chi connectivity index (χ1) is 9.31. The first-order valence-electron chi connectivity index (χ1n) is 5.68. The smallest absolute Gasteiger partial charge is 0.321 e. The Balaban J connectivity index is 3.08. The van der Waals surface area contributed by atoms with E-state index >= 15 is 0 Å². The van der Waals surface area contributed by atoms with E-state index in [1.165, 1.54) is 18.2 Å². The minimum absolute atomic E-state index is 0.127. The van der Waals surface area contributed by atoms with Gasteiger partial charge in [0.05, 0.1) is 16.5 Å². The van der Waals surface area contributed by atoms with Crippen LogP contribution in [0.15, 0.2) is 23.1 Å². The molecule has 0 aliphatic carbocycles. The Morgan fingerprint density at radius 3 is 2.60 bits per heavy atom. The molecule has 0 aromatic heterocycles. The number of carbonyl (C=O) groups is 1. The Morgan fingerprint density at radius 2 is 2.15 bits per heavy atom. The minimum atomic E-state index is -4.03. The van der Waals surface area contributed by atoms with Gasteiger partial charge in [-0.05, 0) is 37.1 Å². The van der Waals surface area contributed by atoms with Gasteiger partial charge in [-0.3, -0.25) is 4.79 Å². The minimum Gasteiger partial charge on any atom is -0.480 e. The second-order valence-electron chi connectivity index (χ2n) is 4.11. The van der Waals surface area contributed by atoms with E-state index in [1.54, 1.807) is 6.92 Å². The van der Waals surface area contributed by atoms with E-state index in [0.29, 0.717) is 11.1 Å². The van der Waals surface area contributed by atoms with Crippen molar-refractivity contribution in [3.63, 3.8) is 0 Å². The number of rotatable bonds is 6. The molecule has 0 fully saturated rings. The van der Waals surface area contributed by atoms with Crippen LogP contribution in [0.5, 0.6) is 0 Å². The van der Waals surface area contributed by atoms with E-state index in [9.17, 15) is 13.2 Å². The van der Waals surface area contributed by atoms with Gasteiger partial charge < -0.3 is 10.2 Å². The van der Waals surface area contributed by atoms with Crippen molar-refractivity contribution in [2.45, 2.75) is 24.3 Å². The standard InChI is InChI=1S/C12H14N2O5S/c1-8-6-10(3-2-9(8)7-13)20(18,19)14-11(4-5-15)12(16)17/h2-3,6,11,14-15H,4-5H2,1H3,(H,16,17)/t11-/m1/s1. The van der Waals surface area contributed by atoms with E-state index in [-0.39, 0.29) is 11.3 Å². The van der Waals surface area contributed by atoms with Crippen LogP contribution in [0.3, 0.4) is 0 Å². The Morgan fingerprint density at radius 1 is 1.50 bits per heavy atom. The van der Waals surface area contributed by atoms with Crippen molar-refractivity contribution in [1.29, 1.82) is 5.26 Å². The zero-order chi connectivity index (χ0) is 15.3. The Kier molecular flexibility index (Phi) is 5.21. The van der Waals surface area contributed by atoms with Gasteiger partial charge in [0.1, 0.15) is 6.04 Å². The topological polar surface area (TPSA) is 127 Å². The summed E-state index contributed by atoms with van der Waals surface area (Å²) in [6.45, 7) is 1.13. The molecular formula is C12H14N2O5S. The first-order valence-corrected chi connectivity index (χ1v) is 7.17. The molecule has 0 spiro atoms. The molecule has 0 bridgehead atoms. The molecule has 1 rings (SSSR count). The lowest BCUT2D eigenvalue weighted by atomic mass is 10.1. The molecule has 0 saturated heterocycles. The molecule has 8 heteroatoms. The Hall–Kier alpha value is -1.95. The van der Waals surface area contributed by atoms with Crippen molar-refractivity contribution in [3.05, 3.63) is 29.3 Å². The molecule has 1 aromatic rings. The number of aliphatic hydroxyl groups excluding tert-OH is 1. The average molecular weight is 298 g/mol. The van der Waals surface area contributed by atoms with Gasteiger partial charge in [0, 0.05) is 6.61 Å². The van der Waals surface area contributed by atoms with Crippen LogP contribution in [-0.2, 0) is 14.8 Å². The molecule has 0 saturated carbocycles. The summed E-state index contributed by atoms with van der Waals surface area (Å²) in [6.07, 6.45) is -0.232. The molecule has 0 aliphatic heterocycles. The Bertz CT molecular complexity index is 648. The van der Waals surface area contributed by atoms with Gasteiger partial charge in [0.25, 0.3) is 0 Å². The number of aryl methyl sites for hydroxylation is 1. The molecule has 0 amide bonds. The van der Waals surface area contributed by atoms with E-state index < -0.39 is 28.6 Å². The third-order valence-corrected chi connectivity index (χ3v) is 4.11. The summed E-state index contributed by atoms with van der Waals surface area (Å²) in [4.78, 5) is 10.8. The van der Waals surface area contributed by atoms with Crippen LogP contribution in [0, 0.1) is 18.3 Å². The summed E-state index contributed by atoms with van der Waals surface area (Å²) in [7, 11) is -4.03. The molecule has 7 nitrogen and oxygen atoms in total. The lowest BCUT2D eigenvalue weighted by Gasteiger charge is -2.14. The van der Waals surface area contributed by atoms with Crippen molar-refractivity contribution in [3.8, 4) is 6.07 Å². The number of hydrogen-bond donors (Lipinski definition) is 3. The van der Waals surface area contributed by atoms with Gasteiger partial charge in [0.15, 0.2) is 0 Å². The monoisotopic (exact) mass is 298 g/mol. The van der Waals surface area contributed by atoms with Gasteiger partial charge in [0.2, 0.25) is 10.0 Å². The van der Waals surface area contributed by atoms with E-state index in [4.69, 9.17) is 15.5 Å². The molecule has 0 unspecified atom stereocenters. The molecule has 0 heterocycles. The number of sulfonamides is 1. The maximum atomic E-state index is 12.0. The molecule has 0 radical (unpaired) electrons. The molecule has 1 atom stereocenters. The van der Waals surface area contributed by atoms with Crippen LogP contribution in [0.25, 0.3) is 0 Å². The van der Waals surface area contributed by atoms with Crippen LogP contribution in [0.4, 0.5) is 0 Å². The van der Waals surface area contributed by atoms with Gasteiger partial charge >= 0.3 is 5.97 Å². The number of aliphatic hydroxyl groups is 1. The van der Waals surface area contributed by atoms with Gasteiger partial charge in [-0.25, -0.2) is 8.42 Å². The summed E-state index contributed by atoms with van der Waals surface area (Å²) < 4.78 is 26.1. The van der Waals surface area contributed by atoms with Crippen LogP contribution in [0.2, 0.25) is 0 Å². The lowest BCUT2D eigenvalue weighted by Crippen LogP contribution is -2.41. The van der Waals surface area contributed by atoms with Crippen molar-refractivity contribution in [1.82, 2.24) is 4.72 Å². The predicted molar refractivity (Wildman–Crippen MR) is 69.3 cm³/mol. The average Bonchev–Trinajstić information content (AvgIpc) is 2.37. The van der Waals surface area contributed by atoms with Crippen molar-refractivity contribution in [2.75, 3.05) is 6.61 Å². The van der Waals surface area contributed by atoms with Crippen molar-refractivity contribution >= 4 is 16.0 Å². The number of hydrogen-bond acceptors (Lipinski definition) is 5. The fourth-order valence-corrected chi connectivity index (χ4v) is 2.85. The highest BCUT2D eigenvalue weighted by Crippen LogP contribution is 2.15. The van der Waals surface area contributed by atoms with Crippen LogP contribution in [-0.4, -0.2) is 37.2 Å². The van der Waals surface area contributed by atoms with Gasteiger partial charge in [-0.2, -0.15) is 9.98 Å². The fourth-order valence-electron chi connectivity index (χ4n) is 1.55. The summed E-state index contributed by atoms with van der Waals surface area (Å²) in [6, 6.07) is 4.38. The van der Waals surface area contributed by atoms with E-state index in [2.05, 4.69) is 0 Å². The number of nitrogens with one attached hydrogen (secondary N) is 1. The molecule has 3 N–H and O–H groups in total. The Labute approximate surface area is 116 Å². The number of carboxylic acids is 1. The van der Waals surface area contributed by atoms with E-state index in [1.807, 2.05) is 10.8 Å². The van der Waals surface area contributed by atoms with Gasteiger partial charge in [-0.15, -0.1) is 0 Å². The largest absolute Gasteiger partial charge is 0.480 e. The maximum Gasteiger partial charge on any atom is 0.321 e. The normalized spacial score (nSPS) is 12.7. The quantitative estimate of drug-likeness (QED) is 0.677. The highest BCUT2D eigenvalue weighted by Gasteiger charge is 2.25. The summed E-state index contributed by atoms with van der Waals surface area (Å²) >= 11 is 0. The highest BCUT2D eigenvalue weighted by atomic mass is 32.2. The van der Waals surface area contributed by atoms with Crippen LogP contribution < -0.4 is 4.72 Å². The van der Waals surface area contributed by atoms with Gasteiger partial charge in [-0.1, -0.05) is 0 Å². The fraction of sp³-hybridized carbons (Fsp3) is 0.333. The number of aliphatic carboxylic acids is 1. The lowest BCUT2D eigenvalue weighted by molar-refractivity contribution is -0.139. The number of carboxylic acid groups (broad SMARTS) is 1. The zero-order valence-electron chi connectivity index (χ0n) is 10.7. The third-order valence-electron chi connectivity index (χ3n) is 2.64. The summed E-state index contributed by atoms with van der Waals surface area (Å²) in [5, 5.41) is 26.4. The van der Waals surface area contributed by atoms with Crippen molar-refractivity contribution < 1.29 is 23.4 Å². The summed E-state index contributed by atoms with van der Waals surface area (Å²) in [5.41, 5.74) is 0.818. The first kappa shape index (κ1) is 16.1. The van der Waals surface area contributed by atoms with Crippen molar-refractivity contribution in [2.24, 2.45) is 0 Å².